The molecule has 56 heavy (non-hydrogen) atoms. The second-order valence-electron chi connectivity index (χ2n) is 17.3. The predicted octanol–water partition coefficient (Wildman–Crippen LogP) is 12.3. The van der Waals surface area contributed by atoms with Gasteiger partial charge >= 0.3 is 0 Å². The van der Waals surface area contributed by atoms with Gasteiger partial charge in [-0.25, -0.2) is 0 Å². The van der Waals surface area contributed by atoms with Crippen molar-refractivity contribution in [2.45, 2.75) is 63.5 Å². The molecule has 3 atom stereocenters. The second kappa shape index (κ2) is 11.4. The lowest BCUT2D eigenvalue weighted by Crippen LogP contribution is -2.51. The summed E-state index contributed by atoms with van der Waals surface area (Å²) in [7, 11) is 0. The molecule has 0 saturated carbocycles. The summed E-state index contributed by atoms with van der Waals surface area (Å²) >= 11 is 0. The predicted molar refractivity (Wildman–Crippen MR) is 229 cm³/mol. The minimum absolute atomic E-state index is 0.0374. The Kier molecular flexibility index (Phi) is 6.52. The fourth-order valence-electron chi connectivity index (χ4n) is 10.7. The van der Waals surface area contributed by atoms with Crippen molar-refractivity contribution in [3.8, 4) is 22.5 Å². The van der Waals surface area contributed by atoms with E-state index in [1.54, 1.807) is 0 Å². The van der Waals surface area contributed by atoms with Gasteiger partial charge < -0.3 is 8.82 Å². The molecule has 3 unspecified atom stereocenters. The first-order valence-corrected chi connectivity index (χ1v) is 20.2. The third-order valence-electron chi connectivity index (χ3n) is 13.3. The Morgan fingerprint density at radius 2 is 1.46 bits per heavy atom. The minimum atomic E-state index is 0.0374. The van der Waals surface area contributed by atoms with Crippen LogP contribution < -0.4 is 9.13 Å². The van der Waals surface area contributed by atoms with Crippen LogP contribution in [-0.4, -0.2) is 4.40 Å². The molecule has 0 N–H and O–H groups in total. The molecule has 4 heteroatoms. The van der Waals surface area contributed by atoms with Gasteiger partial charge in [0.2, 0.25) is 11.4 Å². The molecular weight excluding hydrogens is 683 g/mol. The van der Waals surface area contributed by atoms with Crippen molar-refractivity contribution in [2.75, 3.05) is 0 Å². The van der Waals surface area contributed by atoms with Gasteiger partial charge in [-0.05, 0) is 95.6 Å². The third-order valence-corrected chi connectivity index (χ3v) is 13.3. The Morgan fingerprint density at radius 3 is 2.30 bits per heavy atom. The van der Waals surface area contributed by atoms with Crippen LogP contribution in [0.25, 0.3) is 82.5 Å². The average molecular weight is 726 g/mol. The molecule has 0 amide bonds. The van der Waals surface area contributed by atoms with Crippen molar-refractivity contribution in [1.29, 1.82) is 0 Å². The molecule has 10 aromatic rings. The van der Waals surface area contributed by atoms with E-state index in [4.69, 9.17) is 4.42 Å². The highest BCUT2D eigenvalue weighted by molar-refractivity contribution is 6.33. The maximum absolute atomic E-state index is 6.86. The molecule has 0 radical (unpaired) electrons. The van der Waals surface area contributed by atoms with Gasteiger partial charge in [0.05, 0.1) is 33.9 Å². The van der Waals surface area contributed by atoms with E-state index in [0.29, 0.717) is 5.92 Å². The summed E-state index contributed by atoms with van der Waals surface area (Å²) in [6.07, 6.45) is 9.70. The zero-order chi connectivity index (χ0) is 37.4. The van der Waals surface area contributed by atoms with Crippen LogP contribution in [0.5, 0.6) is 0 Å². The molecule has 5 aromatic carbocycles. The van der Waals surface area contributed by atoms with Gasteiger partial charge in [-0.15, -0.1) is 0 Å². The fourth-order valence-corrected chi connectivity index (χ4v) is 10.7. The normalized spacial score (nSPS) is 18.3. The van der Waals surface area contributed by atoms with Crippen LogP contribution in [0.3, 0.4) is 0 Å². The Morgan fingerprint density at radius 1 is 0.696 bits per heavy atom. The Labute approximate surface area is 325 Å². The van der Waals surface area contributed by atoms with Crippen LogP contribution in [0.15, 0.2) is 151 Å². The lowest BCUT2D eigenvalue weighted by atomic mass is 9.76. The number of hydrogen-bond donors (Lipinski definition) is 0. The molecule has 0 spiro atoms. The van der Waals surface area contributed by atoms with E-state index < -0.39 is 0 Å². The highest BCUT2D eigenvalue weighted by Crippen LogP contribution is 2.49. The second-order valence-corrected chi connectivity index (χ2v) is 17.3. The Hall–Kier alpha value is -6.26. The van der Waals surface area contributed by atoms with Crippen molar-refractivity contribution in [2.24, 2.45) is 0 Å². The topological polar surface area (TPSA) is 25.3 Å². The molecule has 0 fully saturated rings. The highest BCUT2D eigenvalue weighted by atomic mass is 16.3. The van der Waals surface area contributed by atoms with E-state index >= 15 is 0 Å². The fraction of sp³-hybridized carbons (Fsp3) is 0.192. The van der Waals surface area contributed by atoms with Gasteiger partial charge in [-0.2, -0.15) is 9.13 Å². The summed E-state index contributed by atoms with van der Waals surface area (Å²) in [6, 6.07) is 45.9. The number of benzene rings is 5. The number of fused-ring (bicyclic) bond motifs is 19. The standard InChI is InChI=1S/C52H43N3O/c1-5-33-28-46-36(34-14-6-7-15-35(34)43-17-11-13-25-54(43)46)22-20-31-26-47-42(29-38(31)44-18-10-12-24-53(33)44)49-50-40(30-41-37-16-8-9-19-48(37)56-51(41)49)39-27-32(52(2,3)4)21-23-45(39)55(47)50/h5-19,21,23-27,29-30,33,36,46H,1,20,22,28H2,2-4H3/q+2. The molecule has 4 nitrogen and oxygen atoms in total. The van der Waals surface area contributed by atoms with Crippen LogP contribution in [-0.2, 0) is 11.8 Å². The molecule has 7 heterocycles. The molecule has 0 aliphatic carbocycles. The van der Waals surface area contributed by atoms with Crippen LogP contribution in [0.2, 0.25) is 0 Å². The molecule has 2 aliphatic rings. The van der Waals surface area contributed by atoms with E-state index in [1.807, 2.05) is 0 Å². The summed E-state index contributed by atoms with van der Waals surface area (Å²) in [6.45, 7) is 11.4. The first-order valence-electron chi connectivity index (χ1n) is 20.2. The number of para-hydroxylation sites is 1. The quantitative estimate of drug-likeness (QED) is 0.122. The first kappa shape index (κ1) is 32.0. The van der Waals surface area contributed by atoms with E-state index in [1.165, 1.54) is 82.7 Å². The summed E-state index contributed by atoms with van der Waals surface area (Å²) in [5.74, 6) is 0.350. The smallest absolute Gasteiger partial charge is 0.213 e. The van der Waals surface area contributed by atoms with Gasteiger partial charge in [0.25, 0.3) is 0 Å². The van der Waals surface area contributed by atoms with Crippen molar-refractivity contribution >= 4 is 60.0 Å². The van der Waals surface area contributed by atoms with E-state index in [-0.39, 0.29) is 17.5 Å². The molecule has 12 rings (SSSR count). The number of furan rings is 1. The molecule has 270 valence electrons. The van der Waals surface area contributed by atoms with E-state index in [0.717, 1.165) is 35.8 Å². The summed E-state index contributed by atoms with van der Waals surface area (Å²) in [4.78, 5) is 0. The molecule has 5 aromatic heterocycles. The summed E-state index contributed by atoms with van der Waals surface area (Å²) in [5, 5.41) is 7.38. The minimum Gasteiger partial charge on any atom is -0.455 e. The number of hydrogen-bond acceptors (Lipinski definition) is 1. The summed E-state index contributed by atoms with van der Waals surface area (Å²) < 4.78 is 14.5. The van der Waals surface area contributed by atoms with Gasteiger partial charge in [0.1, 0.15) is 11.2 Å². The SMILES string of the molecule is C=CC1CC2C(CCc3cc4c(cc3-c3cccc[n+]31)c1c3oc5ccccc5c3cc3c5cc(C(C)(C)C)ccc5n4c31)c1ccccc1-c1cccc[n+]12. The van der Waals surface area contributed by atoms with Crippen molar-refractivity contribution in [1.82, 2.24) is 4.40 Å². The summed E-state index contributed by atoms with van der Waals surface area (Å²) in [5.41, 5.74) is 15.0. The van der Waals surface area contributed by atoms with Crippen LogP contribution >= 0.6 is 0 Å². The monoisotopic (exact) mass is 725 g/mol. The maximum atomic E-state index is 6.86. The van der Waals surface area contributed by atoms with Crippen molar-refractivity contribution in [3.05, 3.63) is 163 Å². The van der Waals surface area contributed by atoms with Gasteiger partial charge in [0, 0.05) is 62.7 Å². The van der Waals surface area contributed by atoms with Gasteiger partial charge in [-0.1, -0.05) is 69.8 Å². The Balaban J connectivity index is 1.18. The van der Waals surface area contributed by atoms with Crippen molar-refractivity contribution in [3.63, 3.8) is 0 Å². The average Bonchev–Trinajstić information content (AvgIpc) is 3.87. The highest BCUT2D eigenvalue weighted by Gasteiger charge is 2.43. The number of nitrogens with zero attached hydrogens (tertiary/aromatic N) is 3. The number of aryl methyl sites for hydroxylation is 1. The Bertz CT molecular complexity index is 3260. The van der Waals surface area contributed by atoms with Crippen LogP contribution in [0, 0.1) is 0 Å². The van der Waals surface area contributed by atoms with Crippen molar-refractivity contribution < 1.29 is 13.6 Å². The lowest BCUT2D eigenvalue weighted by molar-refractivity contribution is -0.745. The first-order chi connectivity index (χ1) is 27.4. The van der Waals surface area contributed by atoms with E-state index in [9.17, 15) is 0 Å². The zero-order valence-corrected chi connectivity index (χ0v) is 32.1. The van der Waals surface area contributed by atoms with Crippen LogP contribution in [0.1, 0.15) is 68.3 Å². The molecular formula is C52H43N3O+2. The largest absolute Gasteiger partial charge is 0.455 e. The number of pyridine rings is 2. The van der Waals surface area contributed by atoms with Crippen LogP contribution in [0.4, 0.5) is 0 Å². The number of rotatable bonds is 1. The number of allylic oxidation sites excluding steroid dienone is 1. The third kappa shape index (κ3) is 4.30. The van der Waals surface area contributed by atoms with E-state index in [2.05, 4.69) is 181 Å². The number of aromatic nitrogens is 3. The van der Waals surface area contributed by atoms with Gasteiger partial charge in [0.15, 0.2) is 24.5 Å². The maximum Gasteiger partial charge on any atom is 0.213 e. The molecule has 2 aliphatic heterocycles. The van der Waals surface area contributed by atoms with Gasteiger partial charge in [-0.3, -0.25) is 0 Å². The molecule has 0 saturated heterocycles. The lowest BCUT2D eigenvalue weighted by Gasteiger charge is -2.32. The molecule has 0 bridgehead atoms. The zero-order valence-electron chi connectivity index (χ0n) is 32.1.